The average Bonchev–Trinajstić information content (AvgIpc) is 3.66. The highest BCUT2D eigenvalue weighted by Crippen LogP contribution is 2.37. The van der Waals surface area contributed by atoms with Crippen molar-refractivity contribution in [2.45, 2.75) is 70.9 Å². The van der Waals surface area contributed by atoms with Gasteiger partial charge in [0.2, 0.25) is 5.91 Å². The third-order valence-electron chi connectivity index (χ3n) is 8.48. The third-order valence-corrected chi connectivity index (χ3v) is 8.48. The van der Waals surface area contributed by atoms with Crippen molar-refractivity contribution < 1.29 is 24.2 Å². The van der Waals surface area contributed by atoms with Crippen molar-refractivity contribution in [3.8, 4) is 11.5 Å². The molecule has 5 rings (SSSR count). The molecule has 2 unspecified atom stereocenters. The first-order valence-corrected chi connectivity index (χ1v) is 15.7. The number of benzene rings is 3. The van der Waals surface area contributed by atoms with E-state index in [4.69, 9.17) is 25.1 Å². The molecular weight excluding hydrogens is 554 g/mol. The molecule has 2 heterocycles. The molecule has 1 saturated heterocycles. The van der Waals surface area contributed by atoms with Gasteiger partial charge in [-0.15, -0.1) is 0 Å². The molecule has 8 heteroatoms. The Hall–Kier alpha value is -3.88. The number of aryl methyl sites for hydroxylation is 1. The number of methoxy groups -OCH3 is 1. The van der Waals surface area contributed by atoms with E-state index in [1.165, 1.54) is 16.7 Å². The first-order chi connectivity index (χ1) is 21.3. The Balaban J connectivity index is 0.00000104. The molecule has 2 atom stereocenters. The molecule has 0 aromatic heterocycles. The van der Waals surface area contributed by atoms with Crippen LogP contribution in [-0.2, 0) is 29.0 Å². The maximum atomic E-state index is 13.9. The van der Waals surface area contributed by atoms with Gasteiger partial charge in [0.05, 0.1) is 20.3 Å². The molecule has 1 amide bonds. The number of nitrogens with two attached hydrogens (primary N) is 1. The van der Waals surface area contributed by atoms with Crippen LogP contribution >= 0.6 is 0 Å². The van der Waals surface area contributed by atoms with Crippen molar-refractivity contribution >= 4 is 17.6 Å². The summed E-state index contributed by atoms with van der Waals surface area (Å²) in [6.07, 6.45) is 5.92. The Morgan fingerprint density at radius 1 is 1.11 bits per heavy atom. The summed E-state index contributed by atoms with van der Waals surface area (Å²) in [5.74, 6) is 1.68. The molecule has 8 nitrogen and oxygen atoms in total. The first-order valence-electron chi connectivity index (χ1n) is 15.7. The fourth-order valence-electron chi connectivity index (χ4n) is 6.24. The number of hydrogen-bond acceptors (Lipinski definition) is 6. The highest BCUT2D eigenvalue weighted by atomic mass is 16.5. The van der Waals surface area contributed by atoms with E-state index in [0.29, 0.717) is 25.0 Å². The third kappa shape index (κ3) is 8.83. The molecule has 3 N–H and O–H groups in total. The van der Waals surface area contributed by atoms with Crippen molar-refractivity contribution in [1.29, 1.82) is 0 Å². The molecule has 3 aromatic rings. The largest absolute Gasteiger partial charge is 0.496 e. The van der Waals surface area contributed by atoms with Gasteiger partial charge < -0.3 is 25.2 Å². The van der Waals surface area contributed by atoms with Gasteiger partial charge >= 0.3 is 0 Å². The van der Waals surface area contributed by atoms with E-state index >= 15 is 0 Å². The van der Waals surface area contributed by atoms with Gasteiger partial charge in [-0.05, 0) is 78.1 Å². The number of anilines is 1. The number of hydrogen-bond donors (Lipinski definition) is 2. The number of rotatable bonds is 12. The minimum Gasteiger partial charge on any atom is -0.496 e. The van der Waals surface area contributed by atoms with Crippen LogP contribution in [0.2, 0.25) is 0 Å². The number of amides is 1. The molecule has 0 aliphatic carbocycles. The van der Waals surface area contributed by atoms with Crippen LogP contribution in [0.5, 0.6) is 11.5 Å². The van der Waals surface area contributed by atoms with Crippen LogP contribution < -0.4 is 20.1 Å². The summed E-state index contributed by atoms with van der Waals surface area (Å²) in [5, 5.41) is 7.42. The highest BCUT2D eigenvalue weighted by molar-refractivity contribution is 5.95. The minimum atomic E-state index is -0.833. The fraction of sp³-hybridized carbons (Fsp3) is 0.444. The first kappa shape index (κ1) is 33.0. The monoisotopic (exact) mass is 601 g/mol. The molecule has 0 bridgehead atoms. The van der Waals surface area contributed by atoms with Crippen LogP contribution in [-0.4, -0.2) is 61.3 Å². The SMILES string of the molecule is CC(=O)O.CCCCN(C(=O)CN1CC(c2ccc3c(c2)CCO3)CC1CCc1ccccc1OC)c1cccc(CN)c1. The Kier molecular flexibility index (Phi) is 12.2. The molecule has 2 aliphatic rings. The molecule has 2 aliphatic heterocycles. The van der Waals surface area contributed by atoms with Gasteiger partial charge in [-0.25, -0.2) is 0 Å². The summed E-state index contributed by atoms with van der Waals surface area (Å²) in [6.45, 7) is 6.50. The molecule has 1 fully saturated rings. The van der Waals surface area contributed by atoms with Gasteiger partial charge in [0, 0.05) is 44.7 Å². The van der Waals surface area contributed by atoms with E-state index in [0.717, 1.165) is 87.9 Å². The number of carboxylic acid groups (broad SMARTS) is 1. The number of fused-ring (bicyclic) bond motifs is 1. The minimum absolute atomic E-state index is 0.160. The van der Waals surface area contributed by atoms with E-state index in [2.05, 4.69) is 48.2 Å². The number of unbranched alkanes of at least 4 members (excludes halogenated alkanes) is 1. The van der Waals surface area contributed by atoms with Crippen molar-refractivity contribution in [2.24, 2.45) is 5.73 Å². The van der Waals surface area contributed by atoms with Gasteiger partial charge in [0.15, 0.2) is 0 Å². The normalized spacial score (nSPS) is 17.3. The lowest BCUT2D eigenvalue weighted by molar-refractivity contribution is -0.134. The molecule has 44 heavy (non-hydrogen) atoms. The zero-order chi connectivity index (χ0) is 31.5. The predicted molar refractivity (Wildman–Crippen MR) is 175 cm³/mol. The zero-order valence-electron chi connectivity index (χ0n) is 26.3. The molecule has 0 radical (unpaired) electrons. The molecule has 0 spiro atoms. The van der Waals surface area contributed by atoms with E-state index in [-0.39, 0.29) is 5.91 Å². The Bertz CT molecular complexity index is 1390. The van der Waals surface area contributed by atoms with Crippen LogP contribution in [0.15, 0.2) is 66.7 Å². The van der Waals surface area contributed by atoms with Gasteiger partial charge in [-0.1, -0.05) is 55.8 Å². The van der Waals surface area contributed by atoms with E-state index in [9.17, 15) is 4.79 Å². The number of para-hydroxylation sites is 1. The van der Waals surface area contributed by atoms with Crippen molar-refractivity contribution in [3.05, 3.63) is 89.0 Å². The quantitative estimate of drug-likeness (QED) is 0.270. The Morgan fingerprint density at radius 3 is 2.66 bits per heavy atom. The van der Waals surface area contributed by atoms with Crippen molar-refractivity contribution in [1.82, 2.24) is 4.90 Å². The summed E-state index contributed by atoms with van der Waals surface area (Å²) < 4.78 is 11.4. The number of carbonyl (C=O) groups excluding carboxylic acids is 1. The number of likely N-dealkylation sites (tertiary alicyclic amines) is 1. The number of aliphatic carboxylic acids is 1. The highest BCUT2D eigenvalue weighted by Gasteiger charge is 2.35. The summed E-state index contributed by atoms with van der Waals surface area (Å²) >= 11 is 0. The topological polar surface area (TPSA) is 105 Å². The number of nitrogens with zero attached hydrogens (tertiary/aromatic N) is 2. The lowest BCUT2D eigenvalue weighted by atomic mass is 9.92. The van der Waals surface area contributed by atoms with Crippen molar-refractivity contribution in [3.63, 3.8) is 0 Å². The number of carboxylic acids is 1. The predicted octanol–water partition coefficient (Wildman–Crippen LogP) is 5.80. The van der Waals surface area contributed by atoms with Crippen LogP contribution in [0.1, 0.15) is 67.7 Å². The smallest absolute Gasteiger partial charge is 0.300 e. The average molecular weight is 602 g/mol. The van der Waals surface area contributed by atoms with Crippen LogP contribution in [0, 0.1) is 0 Å². The summed E-state index contributed by atoms with van der Waals surface area (Å²) in [5.41, 5.74) is 11.8. The standard InChI is InChI=1S/C34H43N3O3.C2H4O2/c1-3-4-17-37(31-10-7-8-25(19-31)22-35)34(38)24-36-23-29(27-13-15-33-28(20-27)16-18-40-33)21-30(36)14-12-26-9-5-6-11-32(26)39-2;1-2(3)4/h5-11,13,15,19-20,29-30H,3-4,12,14,16-18,21-24,35H2,1-2H3;1H3,(H,3,4). The van der Waals surface area contributed by atoms with Crippen LogP contribution in [0.25, 0.3) is 0 Å². The van der Waals surface area contributed by atoms with Gasteiger partial charge in [0.1, 0.15) is 11.5 Å². The Labute approximate surface area is 261 Å². The van der Waals surface area contributed by atoms with E-state index in [1.54, 1.807) is 7.11 Å². The molecule has 3 aromatic carbocycles. The molecule has 0 saturated carbocycles. The van der Waals surface area contributed by atoms with Crippen LogP contribution in [0.3, 0.4) is 0 Å². The fourth-order valence-corrected chi connectivity index (χ4v) is 6.24. The second-order valence-corrected chi connectivity index (χ2v) is 11.6. The summed E-state index contributed by atoms with van der Waals surface area (Å²) in [4.78, 5) is 27.3. The van der Waals surface area contributed by atoms with Gasteiger partial charge in [0.25, 0.3) is 5.97 Å². The van der Waals surface area contributed by atoms with Crippen molar-refractivity contribution in [2.75, 3.05) is 38.3 Å². The lowest BCUT2D eigenvalue weighted by Crippen LogP contribution is -2.43. The second kappa shape index (κ2) is 16.3. The van der Waals surface area contributed by atoms with Gasteiger partial charge in [-0.3, -0.25) is 14.5 Å². The summed E-state index contributed by atoms with van der Waals surface area (Å²) in [7, 11) is 1.73. The molecule has 236 valence electrons. The number of carbonyl (C=O) groups is 2. The number of ether oxygens (including phenoxy) is 2. The van der Waals surface area contributed by atoms with Crippen LogP contribution in [0.4, 0.5) is 5.69 Å². The second-order valence-electron chi connectivity index (χ2n) is 11.6. The van der Waals surface area contributed by atoms with E-state index in [1.807, 2.05) is 35.2 Å². The zero-order valence-corrected chi connectivity index (χ0v) is 26.3. The maximum absolute atomic E-state index is 13.9. The van der Waals surface area contributed by atoms with E-state index < -0.39 is 5.97 Å². The summed E-state index contributed by atoms with van der Waals surface area (Å²) in [6, 6.07) is 23.4. The maximum Gasteiger partial charge on any atom is 0.300 e. The van der Waals surface area contributed by atoms with Gasteiger partial charge in [-0.2, -0.15) is 0 Å². The molecular formula is C36H47N3O5. The lowest BCUT2D eigenvalue weighted by Gasteiger charge is -2.29. The Morgan fingerprint density at radius 2 is 1.91 bits per heavy atom.